The quantitative estimate of drug-likeness (QED) is 0.733. The van der Waals surface area contributed by atoms with Crippen LogP contribution in [-0.2, 0) is 0 Å². The fourth-order valence-corrected chi connectivity index (χ4v) is 2.41. The van der Waals surface area contributed by atoms with Crippen molar-refractivity contribution in [1.29, 1.82) is 0 Å². The molecule has 0 aromatic heterocycles. The number of nitrogens with zero attached hydrogens (tertiary/aromatic N) is 1. The van der Waals surface area contributed by atoms with Crippen molar-refractivity contribution >= 4 is 34.7 Å². The number of ketones is 1. The van der Waals surface area contributed by atoms with Gasteiger partial charge in [0, 0.05) is 25.6 Å². The molecule has 21 heavy (non-hydrogen) atoms. The predicted octanol–water partition coefficient (Wildman–Crippen LogP) is 4.84. The van der Waals surface area contributed by atoms with Gasteiger partial charge in [0.05, 0.1) is 15.7 Å². The summed E-state index contributed by atoms with van der Waals surface area (Å²) in [6.07, 6.45) is 0.227. The van der Waals surface area contributed by atoms with Gasteiger partial charge in [-0.2, -0.15) is 0 Å². The second-order valence-electron chi connectivity index (χ2n) is 4.65. The Morgan fingerprint density at radius 2 is 1.86 bits per heavy atom. The van der Waals surface area contributed by atoms with Crippen LogP contribution in [0, 0.1) is 5.82 Å². The van der Waals surface area contributed by atoms with E-state index in [-0.39, 0.29) is 23.0 Å². The molecule has 110 valence electrons. The van der Waals surface area contributed by atoms with E-state index in [0.29, 0.717) is 22.8 Å². The van der Waals surface area contributed by atoms with Crippen LogP contribution < -0.4 is 4.90 Å². The molecule has 0 spiro atoms. The first kappa shape index (κ1) is 15.8. The maximum Gasteiger partial charge on any atom is 0.166 e. The fourth-order valence-electron chi connectivity index (χ4n) is 2.00. The van der Waals surface area contributed by atoms with Gasteiger partial charge in [-0.25, -0.2) is 4.39 Å². The first-order valence-corrected chi connectivity index (χ1v) is 7.19. The highest BCUT2D eigenvalue weighted by molar-refractivity contribution is 6.43. The topological polar surface area (TPSA) is 20.3 Å². The van der Waals surface area contributed by atoms with Crippen LogP contribution in [0.15, 0.2) is 42.5 Å². The van der Waals surface area contributed by atoms with Crippen molar-refractivity contribution in [2.24, 2.45) is 0 Å². The van der Waals surface area contributed by atoms with E-state index in [9.17, 15) is 9.18 Å². The van der Waals surface area contributed by atoms with Crippen molar-refractivity contribution < 1.29 is 9.18 Å². The van der Waals surface area contributed by atoms with Crippen LogP contribution >= 0.6 is 23.2 Å². The molecule has 2 nitrogen and oxygen atoms in total. The van der Waals surface area contributed by atoms with Crippen molar-refractivity contribution in [3.05, 3.63) is 63.9 Å². The third-order valence-corrected chi connectivity index (χ3v) is 4.01. The molecule has 2 aromatic rings. The third-order valence-electron chi connectivity index (χ3n) is 3.19. The number of para-hydroxylation sites is 1. The van der Waals surface area contributed by atoms with E-state index in [4.69, 9.17) is 23.2 Å². The number of benzene rings is 2. The van der Waals surface area contributed by atoms with Crippen LogP contribution in [0.1, 0.15) is 16.8 Å². The van der Waals surface area contributed by atoms with Crippen LogP contribution in [0.5, 0.6) is 0 Å². The van der Waals surface area contributed by atoms with E-state index in [1.165, 1.54) is 6.07 Å². The van der Waals surface area contributed by atoms with Gasteiger partial charge in [0.1, 0.15) is 5.82 Å². The van der Waals surface area contributed by atoms with Crippen LogP contribution in [-0.4, -0.2) is 19.4 Å². The van der Waals surface area contributed by atoms with E-state index in [0.717, 1.165) is 0 Å². The van der Waals surface area contributed by atoms with E-state index in [1.54, 1.807) is 48.3 Å². The first-order valence-electron chi connectivity index (χ1n) is 6.43. The molecule has 0 N–H and O–H groups in total. The van der Waals surface area contributed by atoms with Crippen LogP contribution in [0.25, 0.3) is 0 Å². The van der Waals surface area contributed by atoms with Gasteiger partial charge in [0.25, 0.3) is 0 Å². The zero-order valence-electron chi connectivity index (χ0n) is 11.4. The number of rotatable bonds is 5. The summed E-state index contributed by atoms with van der Waals surface area (Å²) in [5.74, 6) is -0.432. The highest BCUT2D eigenvalue weighted by Gasteiger charge is 2.14. The molecule has 0 radical (unpaired) electrons. The van der Waals surface area contributed by atoms with Gasteiger partial charge in [-0.3, -0.25) is 4.79 Å². The van der Waals surface area contributed by atoms with Gasteiger partial charge in [0.2, 0.25) is 0 Å². The summed E-state index contributed by atoms with van der Waals surface area (Å²) in [5, 5.41) is 0.614. The standard InChI is InChI=1S/C16H14Cl2FNO/c1-20(14-8-3-2-7-13(14)19)10-9-15(21)11-5-4-6-12(17)16(11)18/h2-8H,9-10H2,1H3. The van der Waals surface area contributed by atoms with E-state index >= 15 is 0 Å². The average molecular weight is 326 g/mol. The minimum Gasteiger partial charge on any atom is -0.372 e. The third kappa shape index (κ3) is 3.74. The number of anilines is 1. The molecule has 0 atom stereocenters. The minimum atomic E-state index is -0.312. The average Bonchev–Trinajstić information content (AvgIpc) is 2.47. The number of hydrogen-bond acceptors (Lipinski definition) is 2. The monoisotopic (exact) mass is 325 g/mol. The van der Waals surface area contributed by atoms with Crippen molar-refractivity contribution in [1.82, 2.24) is 0 Å². The molecular formula is C16H14Cl2FNO. The second kappa shape index (κ2) is 6.92. The van der Waals surface area contributed by atoms with Gasteiger partial charge in [-0.15, -0.1) is 0 Å². The Morgan fingerprint density at radius 1 is 1.14 bits per heavy atom. The maximum absolute atomic E-state index is 13.6. The Kier molecular flexibility index (Phi) is 5.21. The number of carbonyl (C=O) groups is 1. The predicted molar refractivity (Wildman–Crippen MR) is 85.1 cm³/mol. The summed E-state index contributed by atoms with van der Waals surface area (Å²) >= 11 is 11.9. The Labute approximate surface area is 133 Å². The highest BCUT2D eigenvalue weighted by atomic mass is 35.5. The Bertz CT molecular complexity index is 660. The summed E-state index contributed by atoms with van der Waals surface area (Å²) in [5.41, 5.74) is 0.855. The zero-order valence-corrected chi connectivity index (χ0v) is 13.0. The minimum absolute atomic E-state index is 0.120. The van der Waals surface area contributed by atoms with Gasteiger partial charge in [-0.05, 0) is 24.3 Å². The molecule has 0 aliphatic heterocycles. The van der Waals surface area contributed by atoms with Gasteiger partial charge in [0.15, 0.2) is 5.78 Å². The van der Waals surface area contributed by atoms with Gasteiger partial charge in [-0.1, -0.05) is 41.4 Å². The van der Waals surface area contributed by atoms with Crippen LogP contribution in [0.2, 0.25) is 10.0 Å². The van der Waals surface area contributed by atoms with Gasteiger partial charge < -0.3 is 4.90 Å². The second-order valence-corrected chi connectivity index (χ2v) is 5.43. The first-order chi connectivity index (χ1) is 10.0. The largest absolute Gasteiger partial charge is 0.372 e. The molecule has 0 saturated heterocycles. The lowest BCUT2D eigenvalue weighted by Crippen LogP contribution is -2.22. The molecule has 2 rings (SSSR count). The fraction of sp³-hybridized carbons (Fsp3) is 0.188. The molecule has 0 aliphatic rings. The molecule has 0 fully saturated rings. The van der Waals surface area contributed by atoms with E-state index < -0.39 is 0 Å². The lowest BCUT2D eigenvalue weighted by atomic mass is 10.1. The summed E-state index contributed by atoms with van der Waals surface area (Å²) in [6.45, 7) is 0.391. The maximum atomic E-state index is 13.6. The molecule has 2 aromatic carbocycles. The van der Waals surface area contributed by atoms with Crippen LogP contribution in [0.4, 0.5) is 10.1 Å². The van der Waals surface area contributed by atoms with Crippen LogP contribution in [0.3, 0.4) is 0 Å². The van der Waals surface area contributed by atoms with Gasteiger partial charge >= 0.3 is 0 Å². The molecule has 0 heterocycles. The number of hydrogen-bond donors (Lipinski definition) is 0. The SMILES string of the molecule is CN(CCC(=O)c1cccc(Cl)c1Cl)c1ccccc1F. The summed E-state index contributed by atoms with van der Waals surface area (Å²) in [7, 11) is 1.74. The number of halogens is 3. The van der Waals surface area contributed by atoms with E-state index in [1.807, 2.05) is 0 Å². The molecule has 0 aliphatic carbocycles. The normalized spacial score (nSPS) is 10.5. The lowest BCUT2D eigenvalue weighted by Gasteiger charge is -2.19. The Morgan fingerprint density at radius 3 is 2.57 bits per heavy atom. The molecular weight excluding hydrogens is 312 g/mol. The Hall–Kier alpha value is -1.58. The zero-order chi connectivity index (χ0) is 15.4. The van der Waals surface area contributed by atoms with Crippen molar-refractivity contribution in [2.45, 2.75) is 6.42 Å². The molecule has 0 bridgehead atoms. The summed E-state index contributed by atoms with van der Waals surface area (Å²) in [4.78, 5) is 13.9. The molecule has 5 heteroatoms. The van der Waals surface area contributed by atoms with Crippen molar-refractivity contribution in [3.8, 4) is 0 Å². The van der Waals surface area contributed by atoms with Crippen molar-refractivity contribution in [3.63, 3.8) is 0 Å². The number of Topliss-reactive ketones (excluding diaryl/α,β-unsaturated/α-hetero) is 1. The van der Waals surface area contributed by atoms with Crippen molar-refractivity contribution in [2.75, 3.05) is 18.5 Å². The van der Waals surface area contributed by atoms with E-state index in [2.05, 4.69) is 0 Å². The molecule has 0 unspecified atom stereocenters. The summed E-state index contributed by atoms with van der Waals surface area (Å²) in [6, 6.07) is 11.4. The molecule has 0 saturated carbocycles. The summed E-state index contributed by atoms with van der Waals surface area (Å²) < 4.78 is 13.6. The number of carbonyl (C=O) groups excluding carboxylic acids is 1. The Balaban J connectivity index is 2.04. The highest BCUT2D eigenvalue weighted by Crippen LogP contribution is 2.26. The molecule has 0 amide bonds. The smallest absolute Gasteiger partial charge is 0.166 e. The lowest BCUT2D eigenvalue weighted by molar-refractivity contribution is 0.0985.